The zero-order chi connectivity index (χ0) is 11.7. The molecule has 15 heavy (non-hydrogen) atoms. The Balaban J connectivity index is 3.12. The van der Waals surface area contributed by atoms with E-state index in [1.807, 2.05) is 0 Å². The molecule has 4 heteroatoms. The van der Waals surface area contributed by atoms with Crippen molar-refractivity contribution in [1.29, 1.82) is 0 Å². The number of hydrogen-bond acceptors (Lipinski definition) is 3. The van der Waals surface area contributed by atoms with E-state index in [1.165, 1.54) is 6.08 Å². The van der Waals surface area contributed by atoms with E-state index in [2.05, 4.69) is 6.58 Å². The summed E-state index contributed by atoms with van der Waals surface area (Å²) in [4.78, 5) is 22.8. The molecule has 0 heterocycles. The zero-order valence-electron chi connectivity index (χ0n) is 9.28. The molecule has 0 amide bonds. The van der Waals surface area contributed by atoms with E-state index in [-0.39, 0.29) is 12.2 Å². The van der Waals surface area contributed by atoms with Crippen LogP contribution < -0.4 is 0 Å². The van der Waals surface area contributed by atoms with Crippen LogP contribution in [0.25, 0.3) is 0 Å². The molecule has 0 saturated heterocycles. The van der Waals surface area contributed by atoms with Gasteiger partial charge < -0.3 is 0 Å². The molecular formula is C11H17NO3. The summed E-state index contributed by atoms with van der Waals surface area (Å²) in [7, 11) is 0. The van der Waals surface area contributed by atoms with Crippen molar-refractivity contribution in [3.05, 3.63) is 22.8 Å². The molecule has 1 aliphatic rings. The van der Waals surface area contributed by atoms with Gasteiger partial charge in [0.25, 0.3) is 5.54 Å². The normalized spacial score (nSPS) is 29.9. The number of nitro groups is 1. The number of Topliss-reactive ketones (excluding diaryl/α,β-unsaturated/α-hetero) is 1. The molecule has 1 rings (SSSR count). The van der Waals surface area contributed by atoms with E-state index >= 15 is 0 Å². The van der Waals surface area contributed by atoms with E-state index in [9.17, 15) is 14.9 Å². The van der Waals surface area contributed by atoms with Crippen molar-refractivity contribution in [2.24, 2.45) is 5.41 Å². The number of nitrogens with zero attached hydrogens (tertiary/aromatic N) is 1. The van der Waals surface area contributed by atoms with Gasteiger partial charge in [0.15, 0.2) is 0 Å². The summed E-state index contributed by atoms with van der Waals surface area (Å²) < 4.78 is 0. The summed E-state index contributed by atoms with van der Waals surface area (Å²) in [6, 6.07) is 0. The largest absolute Gasteiger partial charge is 0.291 e. The highest BCUT2D eigenvalue weighted by Crippen LogP contribution is 2.41. The predicted molar refractivity (Wildman–Crippen MR) is 57.2 cm³/mol. The Labute approximate surface area is 89.5 Å². The van der Waals surface area contributed by atoms with Gasteiger partial charge in [-0.2, -0.15) is 0 Å². The lowest BCUT2D eigenvalue weighted by atomic mass is 9.66. The predicted octanol–water partition coefficient (Wildman–Crippen LogP) is 2.36. The van der Waals surface area contributed by atoms with Crippen LogP contribution in [0.3, 0.4) is 0 Å². The van der Waals surface area contributed by atoms with Crippen molar-refractivity contribution in [2.75, 3.05) is 0 Å². The van der Waals surface area contributed by atoms with Crippen LogP contribution in [0.1, 0.15) is 39.5 Å². The topological polar surface area (TPSA) is 60.2 Å². The third kappa shape index (κ3) is 1.80. The quantitative estimate of drug-likeness (QED) is 0.409. The average Bonchev–Trinajstić information content (AvgIpc) is 2.13. The third-order valence-corrected chi connectivity index (χ3v) is 3.26. The second-order valence-corrected chi connectivity index (χ2v) is 4.85. The van der Waals surface area contributed by atoms with E-state index in [0.717, 1.165) is 12.8 Å². The fraction of sp³-hybridized carbons (Fsp3) is 0.727. The molecule has 1 fully saturated rings. The summed E-state index contributed by atoms with van der Waals surface area (Å²) in [6.45, 7) is 7.08. The van der Waals surface area contributed by atoms with Gasteiger partial charge in [0.2, 0.25) is 5.78 Å². The number of carbonyl (C=O) groups excluding carboxylic acids is 1. The standard InChI is InChI=1S/C11H17NO3/c1-4-6-11(12(14)15)8-5-7-10(2,3)9(11)13/h4H,1,5-8H2,2-3H3. The van der Waals surface area contributed by atoms with Gasteiger partial charge in [0, 0.05) is 23.2 Å². The first-order valence-electron chi connectivity index (χ1n) is 5.17. The van der Waals surface area contributed by atoms with Crippen LogP contribution in [0.4, 0.5) is 0 Å². The molecule has 1 unspecified atom stereocenters. The minimum atomic E-state index is -1.41. The maximum absolute atomic E-state index is 12.1. The molecule has 1 atom stereocenters. The summed E-state index contributed by atoms with van der Waals surface area (Å²) in [5.41, 5.74) is -1.99. The summed E-state index contributed by atoms with van der Waals surface area (Å²) >= 11 is 0. The van der Waals surface area contributed by atoms with Crippen LogP contribution in [0.15, 0.2) is 12.7 Å². The number of hydrogen-bond donors (Lipinski definition) is 0. The van der Waals surface area contributed by atoms with Gasteiger partial charge >= 0.3 is 0 Å². The third-order valence-electron chi connectivity index (χ3n) is 3.26. The van der Waals surface area contributed by atoms with Crippen molar-refractivity contribution in [3.8, 4) is 0 Å². The zero-order valence-corrected chi connectivity index (χ0v) is 9.28. The van der Waals surface area contributed by atoms with Gasteiger partial charge in [0.1, 0.15) is 0 Å². The Morgan fingerprint density at radius 1 is 1.53 bits per heavy atom. The fourth-order valence-electron chi connectivity index (χ4n) is 2.36. The lowest BCUT2D eigenvalue weighted by Crippen LogP contribution is -2.54. The van der Waals surface area contributed by atoms with Crippen molar-refractivity contribution >= 4 is 5.78 Å². The van der Waals surface area contributed by atoms with Crippen LogP contribution >= 0.6 is 0 Å². The SMILES string of the molecule is C=CCC1([N+](=O)[O-])CCCC(C)(C)C1=O. The average molecular weight is 211 g/mol. The molecule has 4 nitrogen and oxygen atoms in total. The minimum absolute atomic E-state index is 0.141. The van der Waals surface area contributed by atoms with Crippen LogP contribution in [-0.4, -0.2) is 16.2 Å². The van der Waals surface area contributed by atoms with Gasteiger partial charge in [-0.3, -0.25) is 14.9 Å². The lowest BCUT2D eigenvalue weighted by molar-refractivity contribution is -0.555. The molecule has 0 N–H and O–H groups in total. The fourth-order valence-corrected chi connectivity index (χ4v) is 2.36. The highest BCUT2D eigenvalue weighted by atomic mass is 16.6. The molecule has 0 aromatic carbocycles. The van der Waals surface area contributed by atoms with Crippen LogP contribution in [0, 0.1) is 15.5 Å². The Morgan fingerprint density at radius 3 is 2.60 bits per heavy atom. The van der Waals surface area contributed by atoms with Crippen LogP contribution in [0.5, 0.6) is 0 Å². The maximum Gasteiger partial charge on any atom is 0.283 e. The molecule has 1 saturated carbocycles. The molecule has 1 aliphatic carbocycles. The molecule has 0 radical (unpaired) electrons. The van der Waals surface area contributed by atoms with Gasteiger partial charge in [-0.05, 0) is 12.8 Å². The van der Waals surface area contributed by atoms with Crippen molar-refractivity contribution in [1.82, 2.24) is 0 Å². The van der Waals surface area contributed by atoms with E-state index in [0.29, 0.717) is 6.42 Å². The highest BCUT2D eigenvalue weighted by Gasteiger charge is 2.56. The molecule has 0 bridgehead atoms. The first kappa shape index (κ1) is 11.9. The van der Waals surface area contributed by atoms with Crippen molar-refractivity contribution in [2.45, 2.75) is 45.1 Å². The molecule has 0 aromatic heterocycles. The number of rotatable bonds is 3. The second kappa shape index (κ2) is 3.76. The Hall–Kier alpha value is -1.19. The van der Waals surface area contributed by atoms with E-state index < -0.39 is 15.9 Å². The van der Waals surface area contributed by atoms with Crippen molar-refractivity contribution in [3.63, 3.8) is 0 Å². The Kier molecular flexibility index (Phi) is 2.98. The van der Waals surface area contributed by atoms with E-state index in [4.69, 9.17) is 0 Å². The lowest BCUT2D eigenvalue weighted by Gasteiger charge is -2.36. The maximum atomic E-state index is 12.1. The first-order valence-corrected chi connectivity index (χ1v) is 5.17. The van der Waals surface area contributed by atoms with Gasteiger partial charge in [-0.25, -0.2) is 0 Å². The summed E-state index contributed by atoms with van der Waals surface area (Å²) in [5.74, 6) is -0.244. The van der Waals surface area contributed by atoms with Gasteiger partial charge in [0.05, 0.1) is 0 Å². The van der Waals surface area contributed by atoms with Gasteiger partial charge in [-0.1, -0.05) is 19.9 Å². The monoisotopic (exact) mass is 211 g/mol. The first-order chi connectivity index (χ1) is 6.87. The van der Waals surface area contributed by atoms with Crippen LogP contribution in [-0.2, 0) is 4.79 Å². The van der Waals surface area contributed by atoms with Gasteiger partial charge in [-0.15, -0.1) is 6.58 Å². The van der Waals surface area contributed by atoms with E-state index in [1.54, 1.807) is 13.8 Å². The molecular weight excluding hydrogens is 194 g/mol. The smallest absolute Gasteiger partial charge is 0.283 e. The number of carbonyl (C=O) groups is 1. The summed E-state index contributed by atoms with van der Waals surface area (Å²) in [6.07, 6.45) is 3.42. The van der Waals surface area contributed by atoms with Crippen LogP contribution in [0.2, 0.25) is 0 Å². The summed E-state index contributed by atoms with van der Waals surface area (Å²) in [5, 5.41) is 11.1. The molecule has 84 valence electrons. The Morgan fingerprint density at radius 2 is 2.13 bits per heavy atom. The second-order valence-electron chi connectivity index (χ2n) is 4.85. The molecule has 0 spiro atoms. The molecule has 0 aliphatic heterocycles. The highest BCUT2D eigenvalue weighted by molar-refractivity contribution is 5.92. The number of ketones is 1. The minimum Gasteiger partial charge on any atom is -0.291 e. The Bertz CT molecular complexity index is 309. The van der Waals surface area contributed by atoms with Crippen molar-refractivity contribution < 1.29 is 9.72 Å². The molecule has 0 aromatic rings.